The fourth-order valence-electron chi connectivity index (χ4n) is 1.60. The van der Waals surface area contributed by atoms with Crippen LogP contribution in [0.4, 0.5) is 5.95 Å². The molecule has 1 aromatic heterocycles. The maximum atomic E-state index is 3.88. The van der Waals surface area contributed by atoms with Crippen LogP contribution in [0.5, 0.6) is 0 Å². The van der Waals surface area contributed by atoms with Crippen molar-refractivity contribution in [3.63, 3.8) is 0 Å². The maximum Gasteiger partial charge on any atom is 0.242 e. The van der Waals surface area contributed by atoms with E-state index in [1.54, 1.807) is 4.68 Å². The van der Waals surface area contributed by atoms with Crippen LogP contribution < -0.4 is 5.32 Å². The monoisotopic (exact) mass is 210 g/mol. The van der Waals surface area contributed by atoms with Crippen molar-refractivity contribution in [1.29, 1.82) is 0 Å². The summed E-state index contributed by atoms with van der Waals surface area (Å²) in [7, 11) is 4.01. The molecule has 1 N–H and O–H groups in total. The molecule has 0 aromatic carbocycles. The molecule has 84 valence electrons. The number of rotatable bonds is 5. The minimum Gasteiger partial charge on any atom is -0.352 e. The Bertz CT molecular complexity index is 318. The number of aryl methyl sites for hydroxylation is 1. The second-order valence-electron chi connectivity index (χ2n) is 4.25. The van der Waals surface area contributed by atoms with Crippen molar-refractivity contribution < 1.29 is 0 Å². The van der Waals surface area contributed by atoms with Gasteiger partial charge in [0.15, 0.2) is 0 Å². The highest BCUT2D eigenvalue weighted by atomic mass is 15.6. The van der Waals surface area contributed by atoms with E-state index < -0.39 is 0 Å². The first-order valence-corrected chi connectivity index (χ1v) is 5.36. The lowest BCUT2D eigenvalue weighted by atomic mass is 10.3. The summed E-state index contributed by atoms with van der Waals surface area (Å²) in [5.41, 5.74) is 0. The van der Waals surface area contributed by atoms with E-state index in [0.29, 0.717) is 6.04 Å². The predicted molar refractivity (Wildman–Crippen MR) is 57.5 cm³/mol. The van der Waals surface area contributed by atoms with Gasteiger partial charge in [-0.2, -0.15) is 0 Å². The van der Waals surface area contributed by atoms with Gasteiger partial charge in [-0.05, 0) is 37.2 Å². The zero-order valence-corrected chi connectivity index (χ0v) is 9.51. The van der Waals surface area contributed by atoms with Crippen molar-refractivity contribution in [2.45, 2.75) is 31.8 Å². The van der Waals surface area contributed by atoms with E-state index in [9.17, 15) is 0 Å². The molecule has 0 aliphatic heterocycles. The van der Waals surface area contributed by atoms with Crippen LogP contribution in [0.3, 0.4) is 0 Å². The smallest absolute Gasteiger partial charge is 0.242 e. The molecule has 6 nitrogen and oxygen atoms in total. The number of aromatic nitrogens is 4. The Kier molecular flexibility index (Phi) is 2.86. The van der Waals surface area contributed by atoms with Crippen LogP contribution >= 0.6 is 0 Å². The predicted octanol–water partition coefficient (Wildman–Crippen LogP) is 0.105. The van der Waals surface area contributed by atoms with Crippen molar-refractivity contribution in [3.05, 3.63) is 0 Å². The van der Waals surface area contributed by atoms with Gasteiger partial charge in [-0.3, -0.25) is 4.90 Å². The second-order valence-corrected chi connectivity index (χ2v) is 4.25. The third kappa shape index (κ3) is 2.44. The van der Waals surface area contributed by atoms with Crippen molar-refractivity contribution in [2.75, 3.05) is 18.9 Å². The summed E-state index contributed by atoms with van der Waals surface area (Å²) in [6.07, 6.45) is 2.68. The molecule has 0 saturated heterocycles. The molecule has 1 saturated carbocycles. The van der Waals surface area contributed by atoms with Crippen LogP contribution in [-0.2, 0) is 7.05 Å². The minimum atomic E-state index is 0.509. The first-order valence-electron chi connectivity index (χ1n) is 5.36. The molecule has 1 fully saturated rings. The summed E-state index contributed by atoms with van der Waals surface area (Å²) in [6, 6.07) is 1.30. The lowest BCUT2D eigenvalue weighted by molar-refractivity contribution is 0.257. The Morgan fingerprint density at radius 2 is 2.33 bits per heavy atom. The van der Waals surface area contributed by atoms with Gasteiger partial charge in [0.25, 0.3) is 0 Å². The molecule has 0 amide bonds. The molecule has 15 heavy (non-hydrogen) atoms. The van der Waals surface area contributed by atoms with E-state index in [4.69, 9.17) is 0 Å². The highest BCUT2D eigenvalue weighted by molar-refractivity contribution is 5.21. The fourth-order valence-corrected chi connectivity index (χ4v) is 1.60. The first kappa shape index (κ1) is 10.4. The molecule has 1 unspecified atom stereocenters. The third-order valence-corrected chi connectivity index (χ3v) is 2.99. The van der Waals surface area contributed by atoms with Gasteiger partial charge in [0.2, 0.25) is 5.95 Å². The normalized spacial score (nSPS) is 18.1. The van der Waals surface area contributed by atoms with E-state index in [2.05, 4.69) is 39.7 Å². The Labute approximate surface area is 89.6 Å². The Morgan fingerprint density at radius 3 is 2.87 bits per heavy atom. The number of nitrogens with zero attached hydrogens (tertiary/aromatic N) is 5. The maximum absolute atomic E-state index is 3.88. The number of hydrogen-bond acceptors (Lipinski definition) is 5. The van der Waals surface area contributed by atoms with Gasteiger partial charge >= 0.3 is 0 Å². The van der Waals surface area contributed by atoms with Gasteiger partial charge in [-0.25, -0.2) is 4.68 Å². The molecule has 6 heteroatoms. The van der Waals surface area contributed by atoms with Crippen LogP contribution in [-0.4, -0.2) is 50.8 Å². The van der Waals surface area contributed by atoms with E-state index in [0.717, 1.165) is 18.5 Å². The highest BCUT2D eigenvalue weighted by Gasteiger charge is 2.28. The fraction of sp³-hybridized carbons (Fsp3) is 0.889. The van der Waals surface area contributed by atoms with E-state index in [1.165, 1.54) is 12.8 Å². The molecule has 1 aliphatic rings. The summed E-state index contributed by atoms with van der Waals surface area (Å²) in [5.74, 6) is 0.728. The largest absolute Gasteiger partial charge is 0.352 e. The summed E-state index contributed by atoms with van der Waals surface area (Å²) in [6.45, 7) is 3.09. The van der Waals surface area contributed by atoms with Gasteiger partial charge in [0, 0.05) is 25.7 Å². The molecule has 0 spiro atoms. The van der Waals surface area contributed by atoms with Crippen molar-refractivity contribution >= 4 is 5.95 Å². The van der Waals surface area contributed by atoms with E-state index in [-0.39, 0.29) is 0 Å². The third-order valence-electron chi connectivity index (χ3n) is 2.99. The Morgan fingerprint density at radius 1 is 1.60 bits per heavy atom. The Balaban J connectivity index is 1.79. The quantitative estimate of drug-likeness (QED) is 0.747. The number of likely N-dealkylation sites (N-methyl/N-ethyl adjacent to an activating group) is 1. The standard InChI is InChI=1S/C9H18N6/c1-7(14(2)8-4-5-8)6-10-9-11-12-13-15(9)3/h7-8H,4-6H2,1-3H3,(H,10,11,13). The molecule has 0 bridgehead atoms. The number of anilines is 1. The Hall–Kier alpha value is -1.17. The van der Waals surface area contributed by atoms with Crippen molar-refractivity contribution in [1.82, 2.24) is 25.1 Å². The second kappa shape index (κ2) is 4.14. The average Bonchev–Trinajstić information content (AvgIpc) is 2.99. The van der Waals surface area contributed by atoms with E-state index >= 15 is 0 Å². The van der Waals surface area contributed by atoms with Gasteiger partial charge in [-0.15, -0.1) is 0 Å². The zero-order valence-electron chi connectivity index (χ0n) is 9.51. The lowest BCUT2D eigenvalue weighted by Crippen LogP contribution is -2.36. The SMILES string of the molecule is CC(CNc1nnnn1C)N(C)C1CC1. The molecule has 1 atom stereocenters. The molecule has 1 heterocycles. The minimum absolute atomic E-state index is 0.509. The molecule has 1 aromatic rings. The van der Waals surface area contributed by atoms with Crippen LogP contribution in [0.2, 0.25) is 0 Å². The molecular weight excluding hydrogens is 192 g/mol. The summed E-state index contributed by atoms with van der Waals surface area (Å²) < 4.78 is 1.64. The highest BCUT2D eigenvalue weighted by Crippen LogP contribution is 2.26. The van der Waals surface area contributed by atoms with Crippen LogP contribution in [0, 0.1) is 0 Å². The van der Waals surface area contributed by atoms with Crippen LogP contribution in [0.15, 0.2) is 0 Å². The lowest BCUT2D eigenvalue weighted by Gasteiger charge is -2.24. The van der Waals surface area contributed by atoms with E-state index in [1.807, 2.05) is 7.05 Å². The summed E-state index contributed by atoms with van der Waals surface area (Å²) in [5, 5.41) is 14.5. The van der Waals surface area contributed by atoms with Crippen molar-refractivity contribution in [3.8, 4) is 0 Å². The molecule has 2 rings (SSSR count). The van der Waals surface area contributed by atoms with Gasteiger partial charge < -0.3 is 5.32 Å². The van der Waals surface area contributed by atoms with Crippen LogP contribution in [0.25, 0.3) is 0 Å². The average molecular weight is 210 g/mol. The summed E-state index contributed by atoms with van der Waals surface area (Å²) in [4.78, 5) is 2.41. The van der Waals surface area contributed by atoms with Gasteiger partial charge in [-0.1, -0.05) is 5.10 Å². The topological polar surface area (TPSA) is 58.9 Å². The molecular formula is C9H18N6. The molecule has 0 radical (unpaired) electrons. The summed E-state index contributed by atoms with van der Waals surface area (Å²) >= 11 is 0. The zero-order chi connectivity index (χ0) is 10.8. The number of nitrogens with one attached hydrogen (secondary N) is 1. The molecule has 1 aliphatic carbocycles. The van der Waals surface area contributed by atoms with Crippen LogP contribution in [0.1, 0.15) is 19.8 Å². The van der Waals surface area contributed by atoms with Gasteiger partial charge in [0.1, 0.15) is 0 Å². The first-order chi connectivity index (χ1) is 7.18. The van der Waals surface area contributed by atoms with Crippen molar-refractivity contribution in [2.24, 2.45) is 7.05 Å². The van der Waals surface area contributed by atoms with Gasteiger partial charge in [0.05, 0.1) is 0 Å². The number of hydrogen-bond donors (Lipinski definition) is 1. The number of tetrazole rings is 1.